The molecular formula is C56H106NO10+. The molecule has 0 saturated carbocycles. The second-order valence-electron chi connectivity index (χ2n) is 19.3. The Morgan fingerprint density at radius 2 is 0.910 bits per heavy atom. The third kappa shape index (κ3) is 50.9. The molecule has 1 aliphatic heterocycles. The number of carboxylic acid groups (broad SMARTS) is 1. The number of aliphatic carboxylic acids is 1. The van der Waals surface area contributed by atoms with Gasteiger partial charge in [-0.2, -0.15) is 0 Å². The maximum atomic E-state index is 12.2. The highest BCUT2D eigenvalue weighted by molar-refractivity contribution is 5.80. The van der Waals surface area contributed by atoms with Crippen LogP contribution in [0.1, 0.15) is 279 Å². The van der Waals surface area contributed by atoms with Crippen molar-refractivity contribution in [2.75, 3.05) is 26.4 Å². The zero-order chi connectivity index (χ0) is 49.9. The third-order valence-electron chi connectivity index (χ3n) is 12.7. The number of carboxylic acids is 1. The second kappa shape index (κ2) is 52.5. The number of hydrogen-bond acceptors (Lipinski definition) is 9. The van der Waals surface area contributed by atoms with Crippen LogP contribution in [0, 0.1) is 11.8 Å². The summed E-state index contributed by atoms with van der Waals surface area (Å²) in [5.74, 6) is -2.26. The van der Waals surface area contributed by atoms with Crippen molar-refractivity contribution in [2.45, 2.75) is 285 Å². The first kappa shape index (κ1) is 66.3. The van der Waals surface area contributed by atoms with E-state index in [2.05, 4.69) is 39.9 Å². The van der Waals surface area contributed by atoms with Gasteiger partial charge in [0.15, 0.2) is 0 Å². The van der Waals surface area contributed by atoms with Crippen LogP contribution in [0.25, 0.3) is 0 Å². The summed E-state index contributed by atoms with van der Waals surface area (Å²) in [6.07, 6.45) is 37.6. The maximum Gasteiger partial charge on any atom is 0.306 e. The van der Waals surface area contributed by atoms with Crippen molar-refractivity contribution in [1.82, 2.24) is 0 Å². The van der Waals surface area contributed by atoms with Crippen LogP contribution in [0.15, 0.2) is 0 Å². The van der Waals surface area contributed by atoms with Crippen LogP contribution in [0.3, 0.4) is 0 Å². The molecule has 1 fully saturated rings. The lowest BCUT2D eigenvalue weighted by atomic mass is 9.93. The summed E-state index contributed by atoms with van der Waals surface area (Å²) < 4.78 is 16.0. The highest BCUT2D eigenvalue weighted by Crippen LogP contribution is 2.21. The van der Waals surface area contributed by atoms with Crippen molar-refractivity contribution >= 4 is 35.9 Å². The lowest BCUT2D eigenvalue weighted by Gasteiger charge is -2.16. The standard InChI is InChI=1S/C26H48O5.C24H44O5.C6H13N/c1-3-5-7-9-11-16-20-30-25(28)22-24(18-14-13-15-19-27)23-26(29)31-21-17-12-10-8-6-4-2;1-3-5-7-9-11-12-14-16-22(25)18-21(19-23(26)27)20-24(28)29-17-15-13-10-8-6-4-2;1-2-6-4-3-5-7-6/h19,24H,3-18,20-23H2,1-2H3;21H,3-20H2,1-2H3,(H,26,27);6-7H,2-5H2,1H3/p+1. The predicted octanol–water partition coefficient (Wildman–Crippen LogP) is 13.5. The normalized spacial score (nSPS) is 13.5. The van der Waals surface area contributed by atoms with Crippen LogP contribution in [0.5, 0.6) is 0 Å². The summed E-state index contributed by atoms with van der Waals surface area (Å²) in [7, 11) is 0. The lowest BCUT2D eigenvalue weighted by Crippen LogP contribution is -2.86. The van der Waals surface area contributed by atoms with E-state index >= 15 is 0 Å². The number of hydrogen-bond donors (Lipinski definition) is 2. The number of esters is 3. The largest absolute Gasteiger partial charge is 0.481 e. The Morgan fingerprint density at radius 3 is 1.27 bits per heavy atom. The molecule has 67 heavy (non-hydrogen) atoms. The molecule has 0 aromatic rings. The molecule has 0 radical (unpaired) electrons. The Morgan fingerprint density at radius 1 is 0.507 bits per heavy atom. The fourth-order valence-corrected chi connectivity index (χ4v) is 8.42. The number of unbranched alkanes of at least 4 members (excludes halogenated alkanes) is 23. The van der Waals surface area contributed by atoms with Crippen LogP contribution in [-0.2, 0) is 43.0 Å². The SMILES string of the molecule is CCC1CCC[NH2+]1.CCCCCCCCCC(=O)CC(CC(=O)O)CC(=O)OCCCCCCCC.CCCCCCCCOC(=O)CC(CCCCC=O)CC(=O)OCCCCCCCC. The zero-order valence-corrected chi connectivity index (χ0v) is 44.2. The van der Waals surface area contributed by atoms with Crippen LogP contribution < -0.4 is 5.32 Å². The van der Waals surface area contributed by atoms with E-state index in [0.29, 0.717) is 32.7 Å². The molecule has 1 aliphatic rings. The number of carbonyl (C=O) groups is 6. The highest BCUT2D eigenvalue weighted by Gasteiger charge is 2.22. The van der Waals surface area contributed by atoms with Gasteiger partial charge in [-0.3, -0.25) is 24.0 Å². The Balaban J connectivity index is 0. The van der Waals surface area contributed by atoms with E-state index < -0.39 is 11.9 Å². The molecule has 0 aromatic heterocycles. The summed E-state index contributed by atoms with van der Waals surface area (Å²) >= 11 is 0. The van der Waals surface area contributed by atoms with Crippen LogP contribution >= 0.6 is 0 Å². The minimum absolute atomic E-state index is 0.0187. The van der Waals surface area contributed by atoms with Crippen molar-refractivity contribution in [1.29, 1.82) is 0 Å². The number of ketones is 1. The van der Waals surface area contributed by atoms with Gasteiger partial charge in [0, 0.05) is 57.8 Å². The molecule has 11 nitrogen and oxygen atoms in total. The van der Waals surface area contributed by atoms with Gasteiger partial charge in [-0.15, -0.1) is 0 Å². The number of aldehydes is 1. The smallest absolute Gasteiger partial charge is 0.306 e. The molecule has 0 spiro atoms. The average molecular weight is 953 g/mol. The number of quaternary nitrogens is 1. The average Bonchev–Trinajstić information content (AvgIpc) is 3.84. The summed E-state index contributed by atoms with van der Waals surface area (Å²) in [6.45, 7) is 13.7. The van der Waals surface area contributed by atoms with Crippen molar-refractivity contribution < 1.29 is 53.4 Å². The molecule has 3 N–H and O–H groups in total. The topological polar surface area (TPSA) is 167 Å². The summed E-state index contributed by atoms with van der Waals surface area (Å²) in [6, 6.07) is 0.972. The first-order chi connectivity index (χ1) is 32.6. The molecule has 2 atom stereocenters. The molecule has 0 bridgehead atoms. The van der Waals surface area contributed by atoms with Gasteiger partial charge in [-0.1, -0.05) is 176 Å². The zero-order valence-electron chi connectivity index (χ0n) is 44.2. The van der Waals surface area contributed by atoms with E-state index in [-0.39, 0.29) is 61.7 Å². The van der Waals surface area contributed by atoms with E-state index in [9.17, 15) is 28.8 Å². The quantitative estimate of drug-likeness (QED) is 0.0259. The monoisotopic (exact) mass is 953 g/mol. The number of Topliss-reactive ketones (excluding diaryl/α,β-unsaturated/α-hetero) is 1. The van der Waals surface area contributed by atoms with Crippen molar-refractivity contribution in [2.24, 2.45) is 11.8 Å². The van der Waals surface area contributed by atoms with Gasteiger partial charge < -0.3 is 29.4 Å². The van der Waals surface area contributed by atoms with Gasteiger partial charge in [0.25, 0.3) is 0 Å². The first-order valence-corrected chi connectivity index (χ1v) is 28.0. The minimum atomic E-state index is -0.970. The molecule has 0 aliphatic carbocycles. The minimum Gasteiger partial charge on any atom is -0.481 e. The third-order valence-corrected chi connectivity index (χ3v) is 12.7. The van der Waals surface area contributed by atoms with E-state index in [1.54, 1.807) is 0 Å². The molecular weight excluding hydrogens is 847 g/mol. The first-order valence-electron chi connectivity index (χ1n) is 28.0. The van der Waals surface area contributed by atoms with E-state index in [4.69, 9.17) is 19.3 Å². The second-order valence-corrected chi connectivity index (χ2v) is 19.3. The van der Waals surface area contributed by atoms with Gasteiger partial charge >= 0.3 is 23.9 Å². The van der Waals surface area contributed by atoms with Gasteiger partial charge in [0.2, 0.25) is 0 Å². The maximum absolute atomic E-state index is 12.2. The van der Waals surface area contributed by atoms with Gasteiger partial charge in [0.05, 0.1) is 32.4 Å². The summed E-state index contributed by atoms with van der Waals surface area (Å²) in [5, 5.41) is 11.5. The Labute approximate surface area is 410 Å². The molecule has 1 heterocycles. The van der Waals surface area contributed by atoms with Crippen LogP contribution in [0.4, 0.5) is 0 Å². The number of carbonyl (C=O) groups excluding carboxylic acids is 5. The van der Waals surface area contributed by atoms with E-state index in [1.807, 2.05) is 0 Å². The summed E-state index contributed by atoms with van der Waals surface area (Å²) in [4.78, 5) is 70.2. The molecule has 0 aromatic carbocycles. The number of rotatable bonds is 45. The Bertz CT molecular complexity index is 1090. The predicted molar refractivity (Wildman–Crippen MR) is 273 cm³/mol. The molecule has 2 unspecified atom stereocenters. The van der Waals surface area contributed by atoms with Crippen molar-refractivity contribution in [3.63, 3.8) is 0 Å². The van der Waals surface area contributed by atoms with Crippen LogP contribution in [0.2, 0.25) is 0 Å². The molecule has 394 valence electrons. The number of nitrogens with two attached hydrogens (primary N) is 1. The van der Waals surface area contributed by atoms with Gasteiger partial charge in [-0.25, -0.2) is 0 Å². The van der Waals surface area contributed by atoms with Gasteiger partial charge in [0.1, 0.15) is 12.1 Å². The lowest BCUT2D eigenvalue weighted by molar-refractivity contribution is -0.670. The van der Waals surface area contributed by atoms with E-state index in [1.165, 1.54) is 122 Å². The number of ether oxygens (including phenoxy) is 3. The van der Waals surface area contributed by atoms with Crippen molar-refractivity contribution in [3.8, 4) is 0 Å². The molecule has 1 rings (SSSR count). The molecule has 11 heteroatoms. The fraction of sp³-hybridized carbons (Fsp3) is 0.893. The molecule has 0 amide bonds. The Hall–Kier alpha value is -2.82. The Kier molecular flexibility index (Phi) is 52.0. The highest BCUT2D eigenvalue weighted by atomic mass is 16.5. The van der Waals surface area contributed by atoms with Crippen LogP contribution in [-0.4, -0.2) is 73.5 Å². The van der Waals surface area contributed by atoms with E-state index in [0.717, 1.165) is 95.8 Å². The van der Waals surface area contributed by atoms with Gasteiger partial charge in [-0.05, 0) is 56.8 Å². The van der Waals surface area contributed by atoms with Crippen molar-refractivity contribution in [3.05, 3.63) is 0 Å². The molecule has 1 saturated heterocycles. The fourth-order valence-electron chi connectivity index (χ4n) is 8.42. The summed E-state index contributed by atoms with van der Waals surface area (Å²) in [5.41, 5.74) is 0.